The van der Waals surface area contributed by atoms with Crippen molar-refractivity contribution in [2.45, 2.75) is 5.92 Å². The predicted molar refractivity (Wildman–Crippen MR) is 61.1 cm³/mol. The lowest BCUT2D eigenvalue weighted by molar-refractivity contribution is 0.0968. The van der Waals surface area contributed by atoms with Gasteiger partial charge in [-0.1, -0.05) is 12.1 Å². The van der Waals surface area contributed by atoms with Gasteiger partial charge in [-0.2, -0.15) is 5.26 Å². The first kappa shape index (κ1) is 11.9. The molecule has 2 aromatic rings. The van der Waals surface area contributed by atoms with Gasteiger partial charge < -0.3 is 0 Å². The Labute approximate surface area is 103 Å². The third-order valence-electron chi connectivity index (χ3n) is 2.36. The number of nitrogens with zero attached hydrogens (tertiary/aromatic N) is 3. The van der Waals surface area contributed by atoms with Crippen LogP contribution in [0.1, 0.15) is 22.1 Å². The molecule has 2 rings (SSSR count). The number of hydrogen-bond acceptors (Lipinski definition) is 4. The number of nitriles is 1. The molecule has 0 saturated heterocycles. The average molecular weight is 241 g/mol. The van der Waals surface area contributed by atoms with Crippen LogP contribution >= 0.6 is 0 Å². The fourth-order valence-electron chi connectivity index (χ4n) is 1.53. The molecule has 18 heavy (non-hydrogen) atoms. The highest BCUT2D eigenvalue weighted by molar-refractivity contribution is 5.99. The summed E-state index contributed by atoms with van der Waals surface area (Å²) >= 11 is 0. The van der Waals surface area contributed by atoms with Gasteiger partial charge in [0.05, 0.1) is 6.07 Å². The molecule has 0 radical (unpaired) electrons. The summed E-state index contributed by atoms with van der Waals surface area (Å²) in [6.07, 6.45) is 2.83. The lowest BCUT2D eigenvalue weighted by Gasteiger charge is -2.07. The van der Waals surface area contributed by atoms with Crippen molar-refractivity contribution in [3.8, 4) is 6.07 Å². The fourth-order valence-corrected chi connectivity index (χ4v) is 1.53. The monoisotopic (exact) mass is 241 g/mol. The number of carbonyl (C=O) groups excluding carboxylic acids is 1. The number of ketones is 1. The largest absolute Gasteiger partial charge is 0.289 e. The summed E-state index contributed by atoms with van der Waals surface area (Å²) in [5.41, 5.74) is 0.301. The topological polar surface area (TPSA) is 66.6 Å². The summed E-state index contributed by atoms with van der Waals surface area (Å²) in [7, 11) is 0. The zero-order valence-corrected chi connectivity index (χ0v) is 9.25. The van der Waals surface area contributed by atoms with E-state index in [0.717, 1.165) is 6.07 Å². The van der Waals surface area contributed by atoms with E-state index in [0.29, 0.717) is 5.56 Å². The highest BCUT2D eigenvalue weighted by Crippen LogP contribution is 2.19. The molecule has 1 aromatic carbocycles. The molecule has 0 saturated carbocycles. The van der Waals surface area contributed by atoms with Crippen LogP contribution in [0.25, 0.3) is 0 Å². The first-order valence-corrected chi connectivity index (χ1v) is 5.18. The van der Waals surface area contributed by atoms with Crippen LogP contribution in [0.2, 0.25) is 0 Å². The van der Waals surface area contributed by atoms with Gasteiger partial charge in [0.1, 0.15) is 11.7 Å². The summed E-state index contributed by atoms with van der Waals surface area (Å²) < 4.78 is 13.1. The number of rotatable bonds is 3. The standard InChI is InChI=1S/C13H8FN3O/c14-10-4-1-3-9(7-10)11(8-15)12(18)13-16-5-2-6-17-13/h1-7,11H. The summed E-state index contributed by atoms with van der Waals surface area (Å²) in [5.74, 6) is -2.17. The molecule has 1 aromatic heterocycles. The van der Waals surface area contributed by atoms with Crippen molar-refractivity contribution in [2.75, 3.05) is 0 Å². The van der Waals surface area contributed by atoms with Gasteiger partial charge in [-0.3, -0.25) is 4.79 Å². The van der Waals surface area contributed by atoms with Crippen LogP contribution in [0.4, 0.5) is 4.39 Å². The van der Waals surface area contributed by atoms with Gasteiger partial charge in [-0.25, -0.2) is 14.4 Å². The van der Waals surface area contributed by atoms with Gasteiger partial charge >= 0.3 is 0 Å². The molecule has 0 aliphatic heterocycles. The number of Topliss-reactive ketones (excluding diaryl/α,β-unsaturated/α-hetero) is 1. The van der Waals surface area contributed by atoms with E-state index in [1.54, 1.807) is 6.07 Å². The van der Waals surface area contributed by atoms with E-state index >= 15 is 0 Å². The Morgan fingerprint density at radius 1 is 1.28 bits per heavy atom. The molecule has 0 N–H and O–H groups in total. The minimum atomic E-state index is -1.09. The normalized spacial score (nSPS) is 11.6. The highest BCUT2D eigenvalue weighted by Gasteiger charge is 2.24. The van der Waals surface area contributed by atoms with Crippen LogP contribution in [0.5, 0.6) is 0 Å². The Balaban J connectivity index is 2.36. The van der Waals surface area contributed by atoms with Crippen molar-refractivity contribution in [2.24, 2.45) is 0 Å². The molecule has 0 spiro atoms. The number of carbonyl (C=O) groups is 1. The van der Waals surface area contributed by atoms with Crippen molar-refractivity contribution in [1.82, 2.24) is 9.97 Å². The van der Waals surface area contributed by atoms with Gasteiger partial charge in [0, 0.05) is 12.4 Å². The van der Waals surface area contributed by atoms with E-state index in [2.05, 4.69) is 9.97 Å². The minimum absolute atomic E-state index is 0.0479. The Morgan fingerprint density at radius 3 is 2.61 bits per heavy atom. The SMILES string of the molecule is N#CC(C(=O)c1ncccn1)c1cccc(F)c1. The van der Waals surface area contributed by atoms with Crippen molar-refractivity contribution in [1.29, 1.82) is 5.26 Å². The molecule has 0 bridgehead atoms. The molecular weight excluding hydrogens is 233 g/mol. The molecule has 0 fully saturated rings. The molecule has 4 nitrogen and oxygen atoms in total. The highest BCUT2D eigenvalue weighted by atomic mass is 19.1. The molecule has 0 amide bonds. The Bertz CT molecular complexity index is 607. The summed E-state index contributed by atoms with van der Waals surface area (Å²) in [5, 5.41) is 9.05. The van der Waals surface area contributed by atoms with Crippen molar-refractivity contribution < 1.29 is 9.18 Å². The minimum Gasteiger partial charge on any atom is -0.289 e. The Morgan fingerprint density at radius 2 is 2.00 bits per heavy atom. The number of halogens is 1. The third kappa shape index (κ3) is 2.38. The van der Waals surface area contributed by atoms with Crippen LogP contribution in [0, 0.1) is 17.1 Å². The van der Waals surface area contributed by atoms with E-state index in [1.807, 2.05) is 6.07 Å². The quantitative estimate of drug-likeness (QED) is 0.772. The lowest BCUT2D eigenvalue weighted by Crippen LogP contribution is -2.14. The summed E-state index contributed by atoms with van der Waals surface area (Å²) in [6.45, 7) is 0. The predicted octanol–water partition coefficient (Wildman–Crippen LogP) is 2.11. The second-order valence-electron chi connectivity index (χ2n) is 3.55. The van der Waals surface area contributed by atoms with Crippen LogP contribution in [-0.2, 0) is 0 Å². The first-order valence-electron chi connectivity index (χ1n) is 5.18. The average Bonchev–Trinajstić information content (AvgIpc) is 2.40. The second-order valence-corrected chi connectivity index (χ2v) is 3.55. The lowest BCUT2D eigenvalue weighted by atomic mass is 9.95. The van der Waals surface area contributed by atoms with E-state index in [9.17, 15) is 9.18 Å². The van der Waals surface area contributed by atoms with Crippen LogP contribution < -0.4 is 0 Å². The van der Waals surface area contributed by atoms with Crippen molar-refractivity contribution in [3.05, 3.63) is 59.9 Å². The van der Waals surface area contributed by atoms with E-state index in [-0.39, 0.29) is 5.82 Å². The number of hydrogen-bond donors (Lipinski definition) is 0. The molecule has 0 aliphatic rings. The fraction of sp³-hybridized carbons (Fsp3) is 0.0769. The van der Waals surface area contributed by atoms with Crippen molar-refractivity contribution >= 4 is 5.78 Å². The van der Waals surface area contributed by atoms with Gasteiger partial charge in [0.15, 0.2) is 5.82 Å². The van der Waals surface area contributed by atoms with Crippen LogP contribution in [-0.4, -0.2) is 15.8 Å². The molecule has 1 heterocycles. The van der Waals surface area contributed by atoms with E-state index < -0.39 is 17.5 Å². The number of benzene rings is 1. The molecule has 5 heteroatoms. The second kappa shape index (κ2) is 5.15. The summed E-state index contributed by atoms with van der Waals surface area (Å²) in [4.78, 5) is 19.6. The molecule has 0 aliphatic carbocycles. The Kier molecular flexibility index (Phi) is 3.39. The van der Waals surface area contributed by atoms with E-state index in [1.165, 1.54) is 30.6 Å². The van der Waals surface area contributed by atoms with Gasteiger partial charge in [-0.15, -0.1) is 0 Å². The zero-order chi connectivity index (χ0) is 13.0. The van der Waals surface area contributed by atoms with Gasteiger partial charge in [0.2, 0.25) is 5.78 Å². The van der Waals surface area contributed by atoms with Crippen LogP contribution in [0.3, 0.4) is 0 Å². The van der Waals surface area contributed by atoms with E-state index in [4.69, 9.17) is 5.26 Å². The van der Waals surface area contributed by atoms with Gasteiger partial charge in [-0.05, 0) is 23.8 Å². The zero-order valence-electron chi connectivity index (χ0n) is 9.25. The number of aromatic nitrogens is 2. The molecule has 88 valence electrons. The maximum atomic E-state index is 13.1. The first-order chi connectivity index (χ1) is 8.72. The van der Waals surface area contributed by atoms with Crippen molar-refractivity contribution in [3.63, 3.8) is 0 Å². The molecule has 1 unspecified atom stereocenters. The Hall–Kier alpha value is -2.61. The maximum absolute atomic E-state index is 13.1. The maximum Gasteiger partial charge on any atom is 0.221 e. The third-order valence-corrected chi connectivity index (χ3v) is 2.36. The molecule has 1 atom stereocenters. The summed E-state index contributed by atoms with van der Waals surface area (Å²) in [6, 6.07) is 8.81. The molecular formula is C13H8FN3O. The smallest absolute Gasteiger partial charge is 0.221 e. The van der Waals surface area contributed by atoms with Crippen LogP contribution in [0.15, 0.2) is 42.7 Å². The van der Waals surface area contributed by atoms with Gasteiger partial charge in [0.25, 0.3) is 0 Å².